The standard InChI is InChI=1S/C21H19N5O4.Co/c27-20(24-14-15-7-3-5-11-22-15)13-18(16-8-1-2-10-19(16)26(29)30)25-21(28)17-9-4-6-12-23-17;/h1-12,18H,13-14H2,(H2,24,25,27,28);/q;+2/p-2. The summed E-state index contributed by atoms with van der Waals surface area (Å²) in [6.45, 7) is 0.0669. The van der Waals surface area contributed by atoms with Gasteiger partial charge in [0.05, 0.1) is 16.5 Å². The fraction of sp³-hybridized carbons (Fsp3) is 0.143. The Hall–Kier alpha value is -3.63. The van der Waals surface area contributed by atoms with Crippen LogP contribution in [0.3, 0.4) is 0 Å². The second-order valence-corrected chi connectivity index (χ2v) is 6.22. The van der Waals surface area contributed by atoms with Gasteiger partial charge in [-0.2, -0.15) is 0 Å². The number of amides is 2. The fourth-order valence-corrected chi connectivity index (χ4v) is 2.75. The minimum Gasteiger partial charge on any atom is -0.649 e. The summed E-state index contributed by atoms with van der Waals surface area (Å²) in [4.78, 5) is 43.9. The summed E-state index contributed by atoms with van der Waals surface area (Å²) in [5.74, 6) is -1.21. The minimum absolute atomic E-state index is 0. The largest absolute Gasteiger partial charge is 2.00 e. The molecule has 3 rings (SSSR count). The maximum Gasteiger partial charge on any atom is 2.00 e. The van der Waals surface area contributed by atoms with E-state index in [2.05, 4.69) is 20.6 Å². The van der Waals surface area contributed by atoms with Crippen LogP contribution in [0.4, 0.5) is 5.69 Å². The molecule has 3 aromatic rings. The second-order valence-electron chi connectivity index (χ2n) is 6.22. The van der Waals surface area contributed by atoms with Crippen LogP contribution in [-0.4, -0.2) is 26.7 Å². The van der Waals surface area contributed by atoms with Crippen LogP contribution in [0.15, 0.2) is 73.1 Å². The van der Waals surface area contributed by atoms with Crippen LogP contribution in [0, 0.1) is 10.1 Å². The van der Waals surface area contributed by atoms with Gasteiger partial charge in [0.15, 0.2) is 0 Å². The number of rotatable bonds is 8. The summed E-state index contributed by atoms with van der Waals surface area (Å²) < 4.78 is 0. The van der Waals surface area contributed by atoms with Gasteiger partial charge in [-0.25, -0.2) is 0 Å². The van der Waals surface area contributed by atoms with Crippen LogP contribution in [0.25, 0.3) is 10.6 Å². The Morgan fingerprint density at radius 1 is 0.968 bits per heavy atom. The van der Waals surface area contributed by atoms with E-state index in [0.717, 1.165) is 0 Å². The second kappa shape index (κ2) is 11.5. The van der Waals surface area contributed by atoms with Crippen molar-refractivity contribution < 1.29 is 31.3 Å². The summed E-state index contributed by atoms with van der Waals surface area (Å²) >= 11 is 0. The molecule has 9 nitrogen and oxygen atoms in total. The summed E-state index contributed by atoms with van der Waals surface area (Å²) in [7, 11) is 0. The molecule has 0 spiro atoms. The normalized spacial score (nSPS) is 11.0. The number of carbonyl (C=O) groups excluding carboxylic acids is 2. The van der Waals surface area contributed by atoms with Gasteiger partial charge in [0.25, 0.3) is 5.69 Å². The number of nitro benzene ring substituents is 1. The van der Waals surface area contributed by atoms with E-state index >= 15 is 0 Å². The predicted molar refractivity (Wildman–Crippen MR) is 109 cm³/mol. The van der Waals surface area contributed by atoms with Gasteiger partial charge < -0.3 is 20.2 Å². The van der Waals surface area contributed by atoms with Crippen LogP contribution >= 0.6 is 0 Å². The first-order chi connectivity index (χ1) is 14.5. The van der Waals surface area contributed by atoms with Gasteiger partial charge in [0, 0.05) is 29.7 Å². The molecule has 0 saturated carbocycles. The Labute approximate surface area is 188 Å². The van der Waals surface area contributed by atoms with E-state index in [0.29, 0.717) is 5.69 Å². The molecule has 0 aliphatic carbocycles. The summed E-state index contributed by atoms with van der Waals surface area (Å²) in [5.41, 5.74) is 0.624. The Bertz CT molecular complexity index is 1030. The predicted octanol–water partition coefficient (Wildman–Crippen LogP) is 4.13. The zero-order valence-electron chi connectivity index (χ0n) is 16.1. The van der Waals surface area contributed by atoms with E-state index < -0.39 is 22.8 Å². The van der Waals surface area contributed by atoms with E-state index in [9.17, 15) is 19.7 Å². The number of para-hydroxylation sites is 1. The number of nitrogens with zero attached hydrogens (tertiary/aromatic N) is 5. The van der Waals surface area contributed by atoms with Crippen molar-refractivity contribution in [2.24, 2.45) is 0 Å². The van der Waals surface area contributed by atoms with Crippen molar-refractivity contribution in [3.8, 4) is 0 Å². The van der Waals surface area contributed by atoms with Gasteiger partial charge in [-0.15, -0.1) is 0 Å². The molecular weight excluding hydrogens is 445 g/mol. The van der Waals surface area contributed by atoms with Gasteiger partial charge in [-0.3, -0.25) is 20.1 Å². The zero-order chi connectivity index (χ0) is 21.3. The van der Waals surface area contributed by atoms with Crippen LogP contribution in [0.5, 0.6) is 0 Å². The van der Waals surface area contributed by atoms with Crippen molar-refractivity contribution in [1.29, 1.82) is 0 Å². The number of nitro groups is 1. The van der Waals surface area contributed by atoms with Crippen molar-refractivity contribution in [3.63, 3.8) is 0 Å². The van der Waals surface area contributed by atoms with E-state index in [1.807, 2.05) is 0 Å². The third-order valence-corrected chi connectivity index (χ3v) is 4.16. The molecule has 1 aromatic carbocycles. The van der Waals surface area contributed by atoms with E-state index in [1.54, 1.807) is 42.6 Å². The average Bonchev–Trinajstić information content (AvgIpc) is 2.78. The number of aromatic nitrogens is 2. The molecule has 31 heavy (non-hydrogen) atoms. The van der Waals surface area contributed by atoms with Gasteiger partial charge in [-0.05, 0) is 30.7 Å². The maximum atomic E-state index is 12.5. The van der Waals surface area contributed by atoms with Gasteiger partial charge >= 0.3 is 16.8 Å². The maximum absolute atomic E-state index is 12.5. The molecule has 1 atom stereocenters. The van der Waals surface area contributed by atoms with Crippen LogP contribution in [-0.2, 0) is 28.1 Å². The van der Waals surface area contributed by atoms with E-state index in [4.69, 9.17) is 0 Å². The molecule has 1 radical (unpaired) electrons. The average molecular weight is 462 g/mol. The molecule has 0 aliphatic heterocycles. The number of hydrogen-bond acceptors (Lipinski definition) is 6. The molecular formula is C21H17CoN5O4. The van der Waals surface area contributed by atoms with E-state index in [-0.39, 0.29) is 46.7 Å². The number of benzene rings is 1. The molecule has 0 N–H and O–H groups in total. The Morgan fingerprint density at radius 2 is 1.65 bits per heavy atom. The number of carbonyl (C=O) groups is 2. The summed E-state index contributed by atoms with van der Waals surface area (Å²) in [6.07, 6.45) is 2.73. The quantitative estimate of drug-likeness (QED) is 0.365. The Kier molecular flexibility index (Phi) is 8.79. The third kappa shape index (κ3) is 6.69. The van der Waals surface area contributed by atoms with Crippen molar-refractivity contribution >= 4 is 17.5 Å². The zero-order valence-corrected chi connectivity index (χ0v) is 17.2. The smallest absolute Gasteiger partial charge is 0.649 e. The molecule has 0 aliphatic rings. The fourth-order valence-electron chi connectivity index (χ4n) is 2.75. The molecule has 0 fully saturated rings. The molecule has 2 heterocycles. The van der Waals surface area contributed by atoms with Crippen molar-refractivity contribution in [3.05, 3.63) is 111 Å². The van der Waals surface area contributed by atoms with Gasteiger partial charge in [0.1, 0.15) is 5.91 Å². The van der Waals surface area contributed by atoms with E-state index in [1.165, 1.54) is 30.5 Å². The van der Waals surface area contributed by atoms with Crippen molar-refractivity contribution in [1.82, 2.24) is 9.97 Å². The van der Waals surface area contributed by atoms with Crippen molar-refractivity contribution in [2.45, 2.75) is 19.0 Å². The molecule has 159 valence electrons. The Balaban J connectivity index is 0.00000341. The van der Waals surface area contributed by atoms with Crippen molar-refractivity contribution in [2.75, 3.05) is 0 Å². The minimum atomic E-state index is -1.07. The molecule has 0 saturated heterocycles. The summed E-state index contributed by atoms with van der Waals surface area (Å²) in [5, 5.41) is 19.4. The monoisotopic (exact) mass is 462 g/mol. The third-order valence-electron chi connectivity index (χ3n) is 4.16. The molecule has 1 unspecified atom stereocenters. The van der Waals surface area contributed by atoms with Crippen LogP contribution in [0.1, 0.15) is 34.2 Å². The van der Waals surface area contributed by atoms with Gasteiger partial charge in [0.2, 0.25) is 0 Å². The number of hydrogen-bond donors (Lipinski definition) is 0. The Morgan fingerprint density at radius 3 is 2.29 bits per heavy atom. The SMILES string of the molecule is O=C(CC([N-]C(=O)c1ccccn1)c1ccccc1[N+](=O)[O-])[N-]Cc1ccccn1.[Co+2]. The van der Waals surface area contributed by atoms with Crippen LogP contribution < -0.4 is 0 Å². The first kappa shape index (κ1) is 23.6. The first-order valence-corrected chi connectivity index (χ1v) is 9.04. The molecule has 2 amide bonds. The number of pyridine rings is 2. The van der Waals surface area contributed by atoms with Gasteiger partial charge in [-0.1, -0.05) is 42.9 Å². The molecule has 0 bridgehead atoms. The first-order valence-electron chi connectivity index (χ1n) is 9.04. The molecule has 10 heteroatoms. The molecule has 2 aromatic heterocycles. The topological polar surface area (TPSA) is 131 Å². The summed E-state index contributed by atoms with van der Waals surface area (Å²) in [6, 6.07) is 14.8. The van der Waals surface area contributed by atoms with Crippen LogP contribution in [0.2, 0.25) is 0 Å².